The Kier molecular flexibility index (Phi) is 7.98. The Hall–Kier alpha value is -2.21. The third kappa shape index (κ3) is 5.55. The maximum Gasteiger partial charge on any atom is 0.254 e. The van der Waals surface area contributed by atoms with Gasteiger partial charge in [0.15, 0.2) is 0 Å². The van der Waals surface area contributed by atoms with Crippen molar-refractivity contribution in [3.05, 3.63) is 71.3 Å². The second-order valence-electron chi connectivity index (χ2n) is 13.4. The van der Waals surface area contributed by atoms with Crippen LogP contribution in [-0.2, 0) is 11.3 Å². The molecular weight excluding hydrogens is 486 g/mol. The van der Waals surface area contributed by atoms with E-state index in [9.17, 15) is 20.1 Å². The van der Waals surface area contributed by atoms with E-state index >= 15 is 0 Å². The Morgan fingerprint density at radius 1 is 1.15 bits per heavy atom. The Morgan fingerprint density at radius 2 is 1.90 bits per heavy atom. The molecule has 2 unspecified atom stereocenters. The average Bonchev–Trinajstić information content (AvgIpc) is 3.35. The van der Waals surface area contributed by atoms with Crippen molar-refractivity contribution in [2.24, 2.45) is 23.2 Å². The Bertz CT molecular complexity index is 1140. The third-order valence-electron chi connectivity index (χ3n) is 10.6. The maximum atomic E-state index is 13.2. The number of rotatable bonds is 6. The number of carbonyl (C=O) groups is 1. The fourth-order valence-electron chi connectivity index (χ4n) is 8.60. The number of aliphatic hydroxyl groups is 3. The lowest BCUT2D eigenvalue weighted by Crippen LogP contribution is -2.40. The molecule has 3 aliphatic carbocycles. The standard InChI is InChI=1S/C34H47NO4/c1-22(17-27-20-34(4,39)32(38)35(27)21-24-9-6-5-7-10-24)29-14-15-30-25(11-8-16-33(29,30)3)12-13-26-18-28(36)19-31(37)23(26)2/h5-7,9-10,12-13,22,27-31,36-37,39H,2,8,11,14-21H2,1,3-4H3/b25-12+,26-13-/t22-,27?,28-,29-,30+,31+,33-,34?/m1/s1. The molecule has 1 saturated heterocycles. The fourth-order valence-corrected chi connectivity index (χ4v) is 8.60. The van der Waals surface area contributed by atoms with Gasteiger partial charge in [-0.25, -0.2) is 0 Å². The molecule has 212 valence electrons. The topological polar surface area (TPSA) is 81.0 Å². The van der Waals surface area contributed by atoms with Crippen LogP contribution < -0.4 is 0 Å². The minimum Gasteiger partial charge on any atom is -0.393 e. The van der Waals surface area contributed by atoms with Crippen LogP contribution >= 0.6 is 0 Å². The molecule has 0 radical (unpaired) electrons. The summed E-state index contributed by atoms with van der Waals surface area (Å²) in [5, 5.41) is 31.3. The van der Waals surface area contributed by atoms with Gasteiger partial charge in [0.1, 0.15) is 5.60 Å². The molecule has 3 N–H and O–H groups in total. The summed E-state index contributed by atoms with van der Waals surface area (Å²) in [5.74, 6) is 1.42. The number of nitrogens with zero attached hydrogens (tertiary/aromatic N) is 1. The first-order valence-corrected chi connectivity index (χ1v) is 15.0. The molecular formula is C34H47NO4. The molecule has 1 aromatic carbocycles. The highest BCUT2D eigenvalue weighted by Gasteiger charge is 2.53. The van der Waals surface area contributed by atoms with Crippen molar-refractivity contribution in [2.45, 2.75) is 109 Å². The quantitative estimate of drug-likeness (QED) is 0.438. The van der Waals surface area contributed by atoms with Crippen molar-refractivity contribution in [3.8, 4) is 0 Å². The first kappa shape index (κ1) is 28.3. The van der Waals surface area contributed by atoms with E-state index in [4.69, 9.17) is 0 Å². The minimum atomic E-state index is -1.29. The SMILES string of the molecule is C=C1/C(=C\C=C2/CCC[C@]3(C)[C@@H]([C@H](C)CC4CC(C)(O)C(=O)N4Cc4ccccc4)CC[C@@H]23)C[C@@H](O)C[C@@H]1O. The number of allylic oxidation sites excluding steroid dienone is 3. The largest absolute Gasteiger partial charge is 0.393 e. The van der Waals surface area contributed by atoms with Gasteiger partial charge in [-0.15, -0.1) is 0 Å². The third-order valence-corrected chi connectivity index (χ3v) is 10.6. The Balaban J connectivity index is 1.31. The Labute approximate surface area is 234 Å². The van der Waals surface area contributed by atoms with Gasteiger partial charge in [0.25, 0.3) is 5.91 Å². The van der Waals surface area contributed by atoms with E-state index in [0.717, 1.165) is 29.6 Å². The molecule has 0 spiro atoms. The number of likely N-dealkylation sites (tertiary alicyclic amines) is 1. The first-order valence-electron chi connectivity index (χ1n) is 15.0. The van der Waals surface area contributed by atoms with Gasteiger partial charge in [0, 0.05) is 25.4 Å². The van der Waals surface area contributed by atoms with Crippen molar-refractivity contribution < 1.29 is 20.1 Å². The summed E-state index contributed by atoms with van der Waals surface area (Å²) >= 11 is 0. The van der Waals surface area contributed by atoms with Crippen molar-refractivity contribution >= 4 is 5.91 Å². The van der Waals surface area contributed by atoms with Crippen molar-refractivity contribution in [1.82, 2.24) is 4.90 Å². The van der Waals surface area contributed by atoms with Gasteiger partial charge in [-0.1, -0.05) is 68.5 Å². The predicted octanol–water partition coefficient (Wildman–Crippen LogP) is 5.71. The van der Waals surface area contributed by atoms with E-state index in [1.165, 1.54) is 31.3 Å². The second-order valence-corrected chi connectivity index (χ2v) is 13.4. The molecule has 0 bridgehead atoms. The van der Waals surface area contributed by atoms with Crippen molar-refractivity contribution in [3.63, 3.8) is 0 Å². The van der Waals surface area contributed by atoms with Gasteiger partial charge in [-0.2, -0.15) is 0 Å². The summed E-state index contributed by atoms with van der Waals surface area (Å²) < 4.78 is 0. The van der Waals surface area contributed by atoms with Crippen LogP contribution in [-0.4, -0.2) is 50.0 Å². The van der Waals surface area contributed by atoms with E-state index in [1.54, 1.807) is 6.92 Å². The number of fused-ring (bicyclic) bond motifs is 1. The molecule has 1 aliphatic heterocycles. The summed E-state index contributed by atoms with van der Waals surface area (Å²) in [5.41, 5.74) is 3.25. The zero-order valence-corrected chi connectivity index (χ0v) is 24.0. The summed E-state index contributed by atoms with van der Waals surface area (Å²) in [6, 6.07) is 10.2. The van der Waals surface area contributed by atoms with Crippen LogP contribution in [0.2, 0.25) is 0 Å². The predicted molar refractivity (Wildman–Crippen MR) is 155 cm³/mol. The van der Waals surface area contributed by atoms with Gasteiger partial charge in [0.05, 0.1) is 12.2 Å². The molecule has 5 nitrogen and oxygen atoms in total. The Morgan fingerprint density at radius 3 is 2.64 bits per heavy atom. The molecule has 5 heteroatoms. The zero-order chi connectivity index (χ0) is 27.9. The number of aliphatic hydroxyl groups excluding tert-OH is 2. The molecule has 4 fully saturated rings. The molecule has 1 amide bonds. The van der Waals surface area contributed by atoms with Crippen molar-refractivity contribution in [1.29, 1.82) is 0 Å². The summed E-state index contributed by atoms with van der Waals surface area (Å²) in [4.78, 5) is 15.1. The van der Waals surface area contributed by atoms with Crippen LogP contribution in [0, 0.1) is 23.2 Å². The number of benzene rings is 1. The lowest BCUT2D eigenvalue weighted by Gasteiger charge is -2.45. The lowest BCUT2D eigenvalue weighted by atomic mass is 9.60. The molecule has 8 atom stereocenters. The van der Waals surface area contributed by atoms with Crippen LogP contribution in [0.1, 0.15) is 84.1 Å². The van der Waals surface area contributed by atoms with E-state index in [-0.39, 0.29) is 17.4 Å². The molecule has 3 saturated carbocycles. The monoisotopic (exact) mass is 533 g/mol. The molecule has 1 heterocycles. The molecule has 0 aromatic heterocycles. The highest BCUT2D eigenvalue weighted by Crippen LogP contribution is 2.60. The van der Waals surface area contributed by atoms with Gasteiger partial charge in [-0.05, 0) is 91.7 Å². The van der Waals surface area contributed by atoms with Gasteiger partial charge in [0.2, 0.25) is 0 Å². The molecule has 1 aromatic rings. The summed E-state index contributed by atoms with van der Waals surface area (Å²) in [6.07, 6.45) is 11.4. The molecule has 5 rings (SSSR count). The normalized spacial score (nSPS) is 39.9. The minimum absolute atomic E-state index is 0.0452. The van der Waals surface area contributed by atoms with Crippen LogP contribution in [0.25, 0.3) is 0 Å². The van der Waals surface area contributed by atoms with Gasteiger partial charge >= 0.3 is 0 Å². The highest BCUT2D eigenvalue weighted by molar-refractivity contribution is 5.87. The van der Waals surface area contributed by atoms with Gasteiger partial charge < -0.3 is 20.2 Å². The van der Waals surface area contributed by atoms with Crippen molar-refractivity contribution in [2.75, 3.05) is 0 Å². The van der Waals surface area contributed by atoms with Crippen LogP contribution in [0.15, 0.2) is 65.8 Å². The first-order chi connectivity index (χ1) is 18.5. The van der Waals surface area contributed by atoms with Gasteiger partial charge in [-0.3, -0.25) is 4.79 Å². The maximum absolute atomic E-state index is 13.2. The second kappa shape index (κ2) is 11.0. The number of hydrogen-bond acceptors (Lipinski definition) is 4. The van der Waals surface area contributed by atoms with E-state index in [2.05, 4.69) is 44.7 Å². The van der Waals surface area contributed by atoms with Crippen LogP contribution in [0.5, 0.6) is 0 Å². The average molecular weight is 534 g/mol. The number of carbonyl (C=O) groups excluding carboxylic acids is 1. The lowest BCUT2D eigenvalue weighted by molar-refractivity contribution is -0.142. The van der Waals surface area contributed by atoms with Crippen LogP contribution in [0.3, 0.4) is 0 Å². The van der Waals surface area contributed by atoms with E-state index in [0.29, 0.717) is 43.6 Å². The molecule has 4 aliphatic rings. The van der Waals surface area contributed by atoms with Crippen LogP contribution in [0.4, 0.5) is 0 Å². The summed E-state index contributed by atoms with van der Waals surface area (Å²) in [7, 11) is 0. The number of hydrogen-bond donors (Lipinski definition) is 3. The number of amides is 1. The molecule has 39 heavy (non-hydrogen) atoms. The van der Waals surface area contributed by atoms with E-state index < -0.39 is 17.8 Å². The zero-order valence-electron chi connectivity index (χ0n) is 24.0. The highest BCUT2D eigenvalue weighted by atomic mass is 16.3. The summed E-state index contributed by atoms with van der Waals surface area (Å²) in [6.45, 7) is 11.2. The van der Waals surface area contributed by atoms with E-state index in [1.807, 2.05) is 23.1 Å². The smallest absolute Gasteiger partial charge is 0.254 e. The fraction of sp³-hybridized carbons (Fsp3) is 0.618.